The first kappa shape index (κ1) is 21.3. The molecule has 1 aliphatic carbocycles. The van der Waals surface area contributed by atoms with E-state index >= 15 is 0 Å². The van der Waals surface area contributed by atoms with Crippen LogP contribution in [0.3, 0.4) is 0 Å². The molecule has 30 heavy (non-hydrogen) atoms. The fourth-order valence-corrected chi connectivity index (χ4v) is 4.98. The number of rotatable bonds is 6. The normalized spacial score (nSPS) is 31.8. The number of hydrogen-bond acceptors (Lipinski definition) is 5. The smallest absolute Gasteiger partial charge is 0.245 e. The van der Waals surface area contributed by atoms with E-state index in [0.29, 0.717) is 19.4 Å². The highest BCUT2D eigenvalue weighted by molar-refractivity contribution is 5.91. The molecule has 1 unspecified atom stereocenters. The molecule has 2 fully saturated rings. The van der Waals surface area contributed by atoms with Crippen LogP contribution in [-0.2, 0) is 20.7 Å². The van der Waals surface area contributed by atoms with Crippen LogP contribution in [0.15, 0.2) is 24.3 Å². The van der Waals surface area contributed by atoms with Gasteiger partial charge in [0, 0.05) is 12.6 Å². The number of nitrogens with zero attached hydrogens (tertiary/aromatic N) is 1. The zero-order valence-electron chi connectivity index (χ0n) is 18.2. The Morgan fingerprint density at radius 2 is 2.07 bits per heavy atom. The van der Waals surface area contributed by atoms with Gasteiger partial charge in [-0.1, -0.05) is 24.3 Å². The van der Waals surface area contributed by atoms with Gasteiger partial charge >= 0.3 is 0 Å². The van der Waals surface area contributed by atoms with Crippen LogP contribution in [0.5, 0.6) is 0 Å². The average molecular weight is 415 g/mol. The predicted molar refractivity (Wildman–Crippen MR) is 115 cm³/mol. The summed E-state index contributed by atoms with van der Waals surface area (Å²) in [6.07, 6.45) is 3.89. The van der Waals surface area contributed by atoms with Crippen LogP contribution in [0.1, 0.15) is 56.7 Å². The molecule has 0 bridgehead atoms. The lowest BCUT2D eigenvalue weighted by Crippen LogP contribution is -2.64. The van der Waals surface area contributed by atoms with Gasteiger partial charge in [0.05, 0.1) is 12.1 Å². The van der Waals surface area contributed by atoms with Crippen LogP contribution in [0.4, 0.5) is 0 Å². The summed E-state index contributed by atoms with van der Waals surface area (Å²) < 4.78 is 6.13. The Balaban J connectivity index is 1.45. The van der Waals surface area contributed by atoms with E-state index in [4.69, 9.17) is 4.74 Å². The quantitative estimate of drug-likeness (QED) is 0.657. The Kier molecular flexibility index (Phi) is 6.41. The summed E-state index contributed by atoms with van der Waals surface area (Å²) in [7, 11) is 1.90. The van der Waals surface area contributed by atoms with Gasteiger partial charge in [0.1, 0.15) is 18.3 Å². The van der Waals surface area contributed by atoms with Crippen LogP contribution >= 0.6 is 0 Å². The third-order valence-electron chi connectivity index (χ3n) is 6.82. The minimum atomic E-state index is -0.463. The minimum Gasteiger partial charge on any atom is -0.353 e. The van der Waals surface area contributed by atoms with E-state index in [1.54, 1.807) is 4.90 Å². The lowest BCUT2D eigenvalue weighted by atomic mass is 9.87. The van der Waals surface area contributed by atoms with Crippen molar-refractivity contribution in [1.82, 2.24) is 20.9 Å². The third-order valence-corrected chi connectivity index (χ3v) is 6.82. The first-order chi connectivity index (χ1) is 14.5. The van der Waals surface area contributed by atoms with Crippen molar-refractivity contribution in [3.8, 4) is 0 Å². The number of carbonyl (C=O) groups excluding carboxylic acids is 2. The SMILES string of the molecule is CN[C@@H](C)CN[C@@H]1C(=O)N2C(C(=O)N[C@@H]3CCCc4ccccc43)CC[C@@H]2O[C@@H]1C. The van der Waals surface area contributed by atoms with Crippen molar-refractivity contribution in [3.63, 3.8) is 0 Å². The highest BCUT2D eigenvalue weighted by Crippen LogP contribution is 2.34. The summed E-state index contributed by atoms with van der Waals surface area (Å²) in [5, 5.41) is 9.73. The third kappa shape index (κ3) is 4.11. The Morgan fingerprint density at radius 1 is 1.27 bits per heavy atom. The van der Waals surface area contributed by atoms with E-state index < -0.39 is 12.1 Å². The van der Waals surface area contributed by atoms with Crippen molar-refractivity contribution in [2.75, 3.05) is 13.6 Å². The molecule has 0 radical (unpaired) electrons. The van der Waals surface area contributed by atoms with Gasteiger partial charge in [-0.3, -0.25) is 9.59 Å². The maximum Gasteiger partial charge on any atom is 0.245 e. The molecule has 6 atom stereocenters. The van der Waals surface area contributed by atoms with Crippen LogP contribution in [-0.4, -0.2) is 60.8 Å². The fraction of sp³-hybridized carbons (Fsp3) is 0.652. The molecule has 3 N–H and O–H groups in total. The van der Waals surface area contributed by atoms with Crippen molar-refractivity contribution in [3.05, 3.63) is 35.4 Å². The molecule has 2 heterocycles. The topological polar surface area (TPSA) is 82.7 Å². The lowest BCUT2D eigenvalue weighted by Gasteiger charge is -2.41. The first-order valence-corrected chi connectivity index (χ1v) is 11.3. The summed E-state index contributed by atoms with van der Waals surface area (Å²) in [6.45, 7) is 4.65. The maximum atomic E-state index is 13.3. The predicted octanol–water partition coefficient (Wildman–Crippen LogP) is 1.48. The highest BCUT2D eigenvalue weighted by Gasteiger charge is 2.49. The zero-order valence-corrected chi connectivity index (χ0v) is 18.2. The number of benzene rings is 1. The van der Waals surface area contributed by atoms with Crippen molar-refractivity contribution in [1.29, 1.82) is 0 Å². The minimum absolute atomic E-state index is 0.0200. The number of carbonyl (C=O) groups is 2. The second kappa shape index (κ2) is 9.04. The van der Waals surface area contributed by atoms with E-state index in [1.165, 1.54) is 11.1 Å². The standard InChI is InChI=1S/C23H34N4O3/c1-14(24-3)13-25-21-15(2)30-20-12-11-19(27(20)23(21)29)22(28)26-18-10-6-8-16-7-4-5-9-17(16)18/h4-5,7,9,14-15,18-21,24-25H,6,8,10-13H2,1-3H3,(H,26,28)/t14-,15+,18+,19?,20-,21-/m0/s1. The second-order valence-corrected chi connectivity index (χ2v) is 8.86. The molecule has 4 rings (SSSR count). The fourth-order valence-electron chi connectivity index (χ4n) is 4.98. The van der Waals surface area contributed by atoms with Crippen molar-refractivity contribution >= 4 is 11.8 Å². The van der Waals surface area contributed by atoms with E-state index in [1.807, 2.05) is 20.0 Å². The summed E-state index contributed by atoms with van der Waals surface area (Å²) in [6, 6.07) is 7.70. The molecule has 164 valence electrons. The van der Waals surface area contributed by atoms with Gasteiger partial charge in [0.15, 0.2) is 0 Å². The molecule has 1 aromatic carbocycles. The van der Waals surface area contributed by atoms with Gasteiger partial charge in [-0.2, -0.15) is 0 Å². The number of fused-ring (bicyclic) bond motifs is 2. The number of amides is 2. The van der Waals surface area contributed by atoms with Gasteiger partial charge in [-0.05, 0) is 64.1 Å². The van der Waals surface area contributed by atoms with Gasteiger partial charge < -0.3 is 25.6 Å². The molecular weight excluding hydrogens is 380 g/mol. The van der Waals surface area contributed by atoms with Gasteiger partial charge in [0.25, 0.3) is 0 Å². The molecule has 7 heteroatoms. The van der Waals surface area contributed by atoms with Crippen LogP contribution in [0, 0.1) is 0 Å². The Bertz CT molecular complexity index is 785. The molecule has 0 saturated carbocycles. The Labute approximate surface area is 178 Å². The Hall–Kier alpha value is -1.96. The van der Waals surface area contributed by atoms with E-state index in [0.717, 1.165) is 19.3 Å². The molecule has 1 aromatic rings. The summed E-state index contributed by atoms with van der Waals surface area (Å²) in [5.74, 6) is -0.0863. The molecule has 2 amide bonds. The van der Waals surface area contributed by atoms with E-state index in [-0.39, 0.29) is 36.2 Å². The highest BCUT2D eigenvalue weighted by atomic mass is 16.5. The molecule has 7 nitrogen and oxygen atoms in total. The van der Waals surface area contributed by atoms with Crippen LogP contribution in [0.2, 0.25) is 0 Å². The number of aryl methyl sites for hydroxylation is 1. The Morgan fingerprint density at radius 3 is 2.87 bits per heavy atom. The van der Waals surface area contributed by atoms with Gasteiger partial charge in [0.2, 0.25) is 11.8 Å². The number of likely N-dealkylation sites (N-methyl/N-ethyl adjacent to an activating group) is 1. The van der Waals surface area contributed by atoms with Gasteiger partial charge in [-0.25, -0.2) is 0 Å². The molecule has 3 aliphatic rings. The molecule has 2 saturated heterocycles. The summed E-state index contributed by atoms with van der Waals surface area (Å²) >= 11 is 0. The molecule has 0 aromatic heterocycles. The average Bonchev–Trinajstić information content (AvgIpc) is 3.17. The summed E-state index contributed by atoms with van der Waals surface area (Å²) in [4.78, 5) is 28.2. The molecular formula is C23H34N4O3. The van der Waals surface area contributed by atoms with Crippen LogP contribution in [0.25, 0.3) is 0 Å². The number of nitrogens with one attached hydrogen (secondary N) is 3. The summed E-state index contributed by atoms with van der Waals surface area (Å²) in [5.41, 5.74) is 2.52. The zero-order chi connectivity index (χ0) is 21.3. The van der Waals surface area contributed by atoms with Gasteiger partial charge in [-0.15, -0.1) is 0 Å². The van der Waals surface area contributed by atoms with E-state index in [2.05, 4.69) is 41.1 Å². The van der Waals surface area contributed by atoms with Crippen LogP contribution < -0.4 is 16.0 Å². The molecule has 0 spiro atoms. The lowest BCUT2D eigenvalue weighted by molar-refractivity contribution is -0.177. The number of hydrogen-bond donors (Lipinski definition) is 3. The maximum absolute atomic E-state index is 13.3. The van der Waals surface area contributed by atoms with Crippen molar-refractivity contribution in [2.45, 2.75) is 82.5 Å². The first-order valence-electron chi connectivity index (χ1n) is 11.3. The van der Waals surface area contributed by atoms with E-state index in [9.17, 15) is 9.59 Å². The second-order valence-electron chi connectivity index (χ2n) is 8.86. The molecule has 2 aliphatic heterocycles. The van der Waals surface area contributed by atoms with Crippen molar-refractivity contribution < 1.29 is 14.3 Å². The monoisotopic (exact) mass is 414 g/mol. The van der Waals surface area contributed by atoms with Crippen molar-refractivity contribution in [2.24, 2.45) is 0 Å². The largest absolute Gasteiger partial charge is 0.353 e. The number of ether oxygens (including phenoxy) is 1.